The van der Waals surface area contributed by atoms with Gasteiger partial charge >= 0.3 is 6.03 Å². The van der Waals surface area contributed by atoms with E-state index in [9.17, 15) is 9.59 Å². The molecule has 0 radical (unpaired) electrons. The molecule has 5 aliphatic rings. The predicted octanol–water partition coefficient (Wildman–Crippen LogP) is 2.16. The summed E-state index contributed by atoms with van der Waals surface area (Å²) in [5.74, 6) is 1.61. The highest BCUT2D eigenvalue weighted by atomic mass is 16.2. The van der Waals surface area contributed by atoms with Crippen LogP contribution in [-0.2, 0) is 0 Å². The molecule has 4 saturated heterocycles. The number of hydrogen-bond acceptors (Lipinski definition) is 3. The zero-order valence-electron chi connectivity index (χ0n) is 15.8. The Kier molecular flexibility index (Phi) is 4.31. The Balaban J connectivity index is 1.32. The van der Waals surface area contributed by atoms with Gasteiger partial charge in [0.2, 0.25) is 0 Å². The van der Waals surface area contributed by atoms with Crippen molar-refractivity contribution in [2.24, 2.45) is 11.8 Å². The summed E-state index contributed by atoms with van der Waals surface area (Å²) in [4.78, 5) is 31.6. The van der Waals surface area contributed by atoms with Crippen LogP contribution in [0.5, 0.6) is 0 Å². The highest BCUT2D eigenvalue weighted by Crippen LogP contribution is 2.35. The fourth-order valence-corrected chi connectivity index (χ4v) is 4.91. The van der Waals surface area contributed by atoms with E-state index in [2.05, 4.69) is 15.1 Å². The molecule has 6 nitrogen and oxygen atoms in total. The number of carbonyl (C=O) groups is 2. The van der Waals surface area contributed by atoms with E-state index in [0.29, 0.717) is 30.6 Å². The van der Waals surface area contributed by atoms with Crippen LogP contribution in [0.15, 0.2) is 24.3 Å². The highest BCUT2D eigenvalue weighted by Gasteiger charge is 2.38. The quantitative estimate of drug-likeness (QED) is 0.886. The molecule has 6 rings (SSSR count). The Morgan fingerprint density at radius 1 is 1.11 bits per heavy atom. The summed E-state index contributed by atoms with van der Waals surface area (Å²) in [6, 6.07) is 7.99. The molecular formula is C21H28N4O2. The second kappa shape index (κ2) is 6.82. The molecule has 1 aliphatic carbocycles. The highest BCUT2D eigenvalue weighted by molar-refractivity contribution is 5.98. The van der Waals surface area contributed by atoms with Gasteiger partial charge in [0.15, 0.2) is 0 Å². The first-order chi connectivity index (χ1) is 13.2. The Bertz CT molecular complexity index is 747. The van der Waals surface area contributed by atoms with Gasteiger partial charge in [0.1, 0.15) is 0 Å². The van der Waals surface area contributed by atoms with Gasteiger partial charge < -0.3 is 10.2 Å². The standard InChI is InChI=1S/C21H28N4O2/c26-20(17-2-1-3-18(10-17)25-9-8-22-21(25)27)24-13-16-6-7-19(14-24)23(12-16)11-15-4-5-15/h1-3,10,15-16,19H,4-9,11-14H2,(H,22,27)/t16-,19-/m0/s1. The van der Waals surface area contributed by atoms with Crippen molar-refractivity contribution in [3.05, 3.63) is 29.8 Å². The van der Waals surface area contributed by atoms with Crippen LogP contribution in [0.25, 0.3) is 0 Å². The maximum atomic E-state index is 13.2. The van der Waals surface area contributed by atoms with Crippen LogP contribution in [0.2, 0.25) is 0 Å². The summed E-state index contributed by atoms with van der Waals surface area (Å²) >= 11 is 0. The number of nitrogens with zero attached hydrogens (tertiary/aromatic N) is 3. The van der Waals surface area contributed by atoms with E-state index in [1.54, 1.807) is 4.90 Å². The van der Waals surface area contributed by atoms with E-state index in [-0.39, 0.29) is 11.9 Å². The van der Waals surface area contributed by atoms with Crippen molar-refractivity contribution >= 4 is 17.6 Å². The number of nitrogens with one attached hydrogen (secondary N) is 1. The lowest BCUT2D eigenvalue weighted by Crippen LogP contribution is -2.45. The number of fused-ring (bicyclic) bond motifs is 4. The van der Waals surface area contributed by atoms with Crippen molar-refractivity contribution in [3.8, 4) is 0 Å². The van der Waals surface area contributed by atoms with E-state index >= 15 is 0 Å². The van der Waals surface area contributed by atoms with E-state index in [1.807, 2.05) is 24.3 Å². The van der Waals surface area contributed by atoms with E-state index in [0.717, 1.165) is 31.2 Å². The topological polar surface area (TPSA) is 55.9 Å². The number of amides is 3. The number of rotatable bonds is 4. The average Bonchev–Trinajstić information content (AvgIpc) is 3.46. The largest absolute Gasteiger partial charge is 0.337 e. The number of anilines is 1. The fraction of sp³-hybridized carbons (Fsp3) is 0.619. The number of urea groups is 1. The molecule has 2 bridgehead atoms. The maximum Gasteiger partial charge on any atom is 0.321 e. The first kappa shape index (κ1) is 17.0. The van der Waals surface area contributed by atoms with Gasteiger partial charge in [-0.1, -0.05) is 6.07 Å². The Morgan fingerprint density at radius 2 is 2.00 bits per heavy atom. The van der Waals surface area contributed by atoms with Gasteiger partial charge in [-0.2, -0.15) is 0 Å². The molecule has 0 aromatic heterocycles. The second-order valence-electron chi connectivity index (χ2n) is 8.64. The van der Waals surface area contributed by atoms with Gasteiger partial charge in [0.25, 0.3) is 5.91 Å². The minimum atomic E-state index is -0.0804. The average molecular weight is 368 g/mol. The summed E-state index contributed by atoms with van der Waals surface area (Å²) in [5.41, 5.74) is 1.51. The molecule has 3 amide bonds. The number of hydrogen-bond donors (Lipinski definition) is 1. The van der Waals surface area contributed by atoms with Crippen LogP contribution in [0.3, 0.4) is 0 Å². The molecule has 1 aromatic carbocycles. The second-order valence-corrected chi connectivity index (χ2v) is 8.64. The number of piperidine rings is 1. The molecule has 1 N–H and O–H groups in total. The molecule has 1 aromatic rings. The molecule has 0 spiro atoms. The smallest absolute Gasteiger partial charge is 0.321 e. The summed E-state index contributed by atoms with van der Waals surface area (Å²) in [7, 11) is 0. The van der Waals surface area contributed by atoms with Crippen molar-refractivity contribution in [2.75, 3.05) is 44.2 Å². The molecule has 4 aliphatic heterocycles. The maximum absolute atomic E-state index is 13.2. The summed E-state index contributed by atoms with van der Waals surface area (Å²) in [6.07, 6.45) is 5.22. The molecule has 2 atom stereocenters. The predicted molar refractivity (Wildman–Crippen MR) is 104 cm³/mol. The molecule has 27 heavy (non-hydrogen) atoms. The lowest BCUT2D eigenvalue weighted by atomic mass is 9.95. The van der Waals surface area contributed by atoms with E-state index in [4.69, 9.17) is 0 Å². The van der Waals surface area contributed by atoms with Crippen LogP contribution in [0, 0.1) is 11.8 Å². The van der Waals surface area contributed by atoms with Gasteiger partial charge in [0.05, 0.1) is 0 Å². The summed E-state index contributed by atoms with van der Waals surface area (Å²) in [5, 5.41) is 2.82. The molecule has 0 unspecified atom stereocenters. The number of carbonyl (C=O) groups excluding carboxylic acids is 2. The zero-order chi connectivity index (χ0) is 18.4. The van der Waals surface area contributed by atoms with Crippen molar-refractivity contribution in [3.63, 3.8) is 0 Å². The third kappa shape index (κ3) is 3.43. The lowest BCUT2D eigenvalue weighted by Gasteiger charge is -2.36. The number of benzene rings is 1. The fourth-order valence-electron chi connectivity index (χ4n) is 4.91. The molecule has 6 heteroatoms. The first-order valence-corrected chi connectivity index (χ1v) is 10.4. The van der Waals surface area contributed by atoms with Gasteiger partial charge in [0, 0.05) is 56.6 Å². The van der Waals surface area contributed by atoms with E-state index < -0.39 is 0 Å². The van der Waals surface area contributed by atoms with Crippen LogP contribution in [-0.4, -0.2) is 67.0 Å². The summed E-state index contributed by atoms with van der Waals surface area (Å²) in [6.45, 7) is 5.40. The first-order valence-electron chi connectivity index (χ1n) is 10.4. The van der Waals surface area contributed by atoms with E-state index in [1.165, 1.54) is 32.2 Å². The van der Waals surface area contributed by atoms with Crippen LogP contribution >= 0.6 is 0 Å². The minimum absolute atomic E-state index is 0.0804. The van der Waals surface area contributed by atoms with Crippen molar-refractivity contribution < 1.29 is 9.59 Å². The Morgan fingerprint density at radius 3 is 2.78 bits per heavy atom. The molecule has 5 fully saturated rings. The third-order valence-electron chi connectivity index (χ3n) is 6.57. The Labute approximate surface area is 160 Å². The van der Waals surface area contributed by atoms with Crippen molar-refractivity contribution in [1.29, 1.82) is 0 Å². The molecule has 1 saturated carbocycles. The molecular weight excluding hydrogens is 340 g/mol. The van der Waals surface area contributed by atoms with Gasteiger partial charge in [-0.05, 0) is 55.7 Å². The SMILES string of the molecule is O=C(c1cccc(N2CCNC2=O)c1)N1C[C@H]2CC[C@@H](C1)N(CC1CC1)C2. The third-order valence-corrected chi connectivity index (χ3v) is 6.57. The minimum Gasteiger partial charge on any atom is -0.337 e. The van der Waals surface area contributed by atoms with Crippen LogP contribution < -0.4 is 10.2 Å². The van der Waals surface area contributed by atoms with Crippen molar-refractivity contribution in [1.82, 2.24) is 15.1 Å². The Hall–Kier alpha value is -2.08. The van der Waals surface area contributed by atoms with Gasteiger partial charge in [-0.3, -0.25) is 14.6 Å². The summed E-state index contributed by atoms with van der Waals surface area (Å²) < 4.78 is 0. The zero-order valence-corrected chi connectivity index (χ0v) is 15.8. The van der Waals surface area contributed by atoms with Crippen LogP contribution in [0.4, 0.5) is 10.5 Å². The lowest BCUT2D eigenvalue weighted by molar-refractivity contribution is 0.0736. The van der Waals surface area contributed by atoms with Gasteiger partial charge in [-0.15, -0.1) is 0 Å². The van der Waals surface area contributed by atoms with Crippen LogP contribution in [0.1, 0.15) is 36.0 Å². The normalized spacial score (nSPS) is 28.4. The van der Waals surface area contributed by atoms with Crippen molar-refractivity contribution in [2.45, 2.75) is 31.7 Å². The monoisotopic (exact) mass is 368 g/mol. The molecule has 144 valence electrons. The van der Waals surface area contributed by atoms with Gasteiger partial charge in [-0.25, -0.2) is 4.79 Å². The molecule has 4 heterocycles.